The highest BCUT2D eigenvalue weighted by atomic mass is 19.1. The highest BCUT2D eigenvalue weighted by Gasteiger charge is 2.20. The third kappa shape index (κ3) is 4.08. The normalized spacial score (nSPS) is 10.6. The van der Waals surface area contributed by atoms with Gasteiger partial charge in [0, 0.05) is 29.2 Å². The van der Waals surface area contributed by atoms with Crippen molar-refractivity contribution >= 4 is 28.4 Å². The predicted octanol–water partition coefficient (Wildman–Crippen LogP) is 3.42. The molecule has 2 N–H and O–H groups in total. The number of carbonyl (C=O) groups is 2. The molecule has 0 atom stereocenters. The molecule has 0 saturated heterocycles. The number of fused-ring (bicyclic) bond motifs is 1. The number of hydrogen-bond acceptors (Lipinski definition) is 3. The third-order valence-corrected chi connectivity index (χ3v) is 4.20. The smallest absolute Gasteiger partial charge is 0.270 e. The van der Waals surface area contributed by atoms with E-state index in [1.807, 2.05) is 0 Å². The van der Waals surface area contributed by atoms with Gasteiger partial charge in [0.2, 0.25) is 5.91 Å². The van der Waals surface area contributed by atoms with Crippen LogP contribution in [0.15, 0.2) is 48.5 Å². The summed E-state index contributed by atoms with van der Waals surface area (Å²) >= 11 is 0. The average Bonchev–Trinajstić information content (AvgIpc) is 3.11. The lowest BCUT2D eigenvalue weighted by Crippen LogP contribution is -2.38. The summed E-state index contributed by atoms with van der Waals surface area (Å²) in [5.74, 6) is -0.479. The molecule has 2 aromatic carbocycles. The molecular formula is C20H20FN3O3. The van der Waals surface area contributed by atoms with Gasteiger partial charge in [0.25, 0.3) is 5.91 Å². The molecule has 140 valence electrons. The fourth-order valence-corrected chi connectivity index (χ4v) is 2.81. The number of benzene rings is 2. The van der Waals surface area contributed by atoms with E-state index in [2.05, 4.69) is 10.3 Å². The number of H-pyrrole nitrogens is 1. The maximum absolute atomic E-state index is 13.8. The summed E-state index contributed by atoms with van der Waals surface area (Å²) in [6.07, 6.45) is 0. The van der Waals surface area contributed by atoms with Gasteiger partial charge in [-0.15, -0.1) is 0 Å². The first-order valence-corrected chi connectivity index (χ1v) is 8.52. The zero-order chi connectivity index (χ0) is 19.4. The van der Waals surface area contributed by atoms with Crippen LogP contribution in [-0.2, 0) is 4.79 Å². The molecule has 0 aliphatic rings. The maximum Gasteiger partial charge on any atom is 0.270 e. The van der Waals surface area contributed by atoms with Crippen LogP contribution >= 0.6 is 0 Å². The number of carbonyl (C=O) groups excluding carboxylic acids is 2. The topological polar surface area (TPSA) is 74.4 Å². The Hall–Kier alpha value is -3.35. The van der Waals surface area contributed by atoms with Crippen LogP contribution in [0, 0.1) is 5.82 Å². The zero-order valence-corrected chi connectivity index (χ0v) is 15.1. The number of aromatic nitrogens is 1. The third-order valence-electron chi connectivity index (χ3n) is 4.20. The van der Waals surface area contributed by atoms with Crippen molar-refractivity contribution < 1.29 is 18.7 Å². The summed E-state index contributed by atoms with van der Waals surface area (Å²) in [4.78, 5) is 29.3. The van der Waals surface area contributed by atoms with Gasteiger partial charge in [-0.1, -0.05) is 12.1 Å². The summed E-state index contributed by atoms with van der Waals surface area (Å²) in [6.45, 7) is 1.99. The highest BCUT2D eigenvalue weighted by Crippen LogP contribution is 2.20. The molecule has 0 aliphatic carbocycles. The molecule has 0 spiro atoms. The van der Waals surface area contributed by atoms with E-state index in [-0.39, 0.29) is 24.1 Å². The van der Waals surface area contributed by atoms with Gasteiger partial charge >= 0.3 is 0 Å². The molecule has 6 nitrogen and oxygen atoms in total. The lowest BCUT2D eigenvalue weighted by Gasteiger charge is -2.19. The summed E-state index contributed by atoms with van der Waals surface area (Å²) in [6, 6.07) is 13.0. The van der Waals surface area contributed by atoms with Crippen molar-refractivity contribution in [2.24, 2.45) is 0 Å². The fraction of sp³-hybridized carbons (Fsp3) is 0.200. The van der Waals surface area contributed by atoms with Crippen molar-refractivity contribution in [3.8, 4) is 5.75 Å². The fourth-order valence-electron chi connectivity index (χ4n) is 2.81. The van der Waals surface area contributed by atoms with Crippen LogP contribution in [0.1, 0.15) is 17.4 Å². The van der Waals surface area contributed by atoms with Crippen molar-refractivity contribution in [1.29, 1.82) is 0 Å². The van der Waals surface area contributed by atoms with Crippen LogP contribution in [0.4, 0.5) is 10.1 Å². The summed E-state index contributed by atoms with van der Waals surface area (Å²) in [5.41, 5.74) is 1.36. The molecule has 0 bridgehead atoms. The number of likely N-dealkylation sites (N-methyl/N-ethyl adjacent to an activating group) is 1. The van der Waals surface area contributed by atoms with Crippen molar-refractivity contribution in [1.82, 2.24) is 9.88 Å². The second-order valence-corrected chi connectivity index (χ2v) is 5.98. The summed E-state index contributed by atoms with van der Waals surface area (Å²) in [7, 11) is 1.54. The van der Waals surface area contributed by atoms with Crippen molar-refractivity contribution in [3.05, 3.63) is 60.0 Å². The second kappa shape index (κ2) is 7.90. The minimum absolute atomic E-state index is 0.121. The summed E-state index contributed by atoms with van der Waals surface area (Å²) < 4.78 is 19.0. The number of nitrogens with zero attached hydrogens (tertiary/aromatic N) is 1. The quantitative estimate of drug-likeness (QED) is 0.699. The Morgan fingerprint density at radius 2 is 1.96 bits per heavy atom. The van der Waals surface area contributed by atoms with E-state index in [1.165, 1.54) is 17.0 Å². The van der Waals surface area contributed by atoms with Crippen molar-refractivity contribution in [2.75, 3.05) is 25.5 Å². The number of rotatable bonds is 6. The Labute approximate surface area is 155 Å². The predicted molar refractivity (Wildman–Crippen MR) is 101 cm³/mol. The molecule has 2 amide bonds. The molecule has 7 heteroatoms. The molecule has 3 rings (SSSR count). The Morgan fingerprint density at radius 1 is 1.19 bits per heavy atom. The van der Waals surface area contributed by atoms with Gasteiger partial charge in [0.1, 0.15) is 23.8 Å². The number of amides is 2. The minimum atomic E-state index is -0.401. The average molecular weight is 369 g/mol. The molecule has 0 fully saturated rings. The summed E-state index contributed by atoms with van der Waals surface area (Å²) in [5, 5.41) is 3.09. The largest absolute Gasteiger partial charge is 0.497 e. The SMILES string of the molecule is CCN(CC(=O)Nc1cccc(OC)c1)C(=O)c1cc2c(F)cccc2[nH]1. The Morgan fingerprint density at radius 3 is 2.67 bits per heavy atom. The monoisotopic (exact) mass is 369 g/mol. The molecule has 0 radical (unpaired) electrons. The maximum atomic E-state index is 13.8. The number of nitrogens with one attached hydrogen (secondary N) is 2. The lowest BCUT2D eigenvalue weighted by atomic mass is 10.2. The van der Waals surface area contributed by atoms with Crippen LogP contribution in [-0.4, -0.2) is 41.9 Å². The molecule has 0 saturated carbocycles. The number of aromatic amines is 1. The van der Waals surface area contributed by atoms with E-state index in [0.29, 0.717) is 28.9 Å². The number of ether oxygens (including phenoxy) is 1. The van der Waals surface area contributed by atoms with Crippen molar-refractivity contribution in [2.45, 2.75) is 6.92 Å². The Kier molecular flexibility index (Phi) is 5.40. The van der Waals surface area contributed by atoms with Gasteiger partial charge in [-0.2, -0.15) is 0 Å². The van der Waals surface area contributed by atoms with Crippen LogP contribution in [0.25, 0.3) is 10.9 Å². The van der Waals surface area contributed by atoms with Gasteiger partial charge in [-0.3, -0.25) is 9.59 Å². The standard InChI is InChI=1S/C20H20FN3O3/c1-3-24(12-19(25)22-13-6-4-7-14(10-13)27-2)20(26)18-11-15-16(21)8-5-9-17(15)23-18/h4-11,23H,3,12H2,1-2H3,(H,22,25). The van der Waals surface area contributed by atoms with Gasteiger partial charge in [0.05, 0.1) is 7.11 Å². The Balaban J connectivity index is 1.72. The minimum Gasteiger partial charge on any atom is -0.497 e. The number of halogens is 1. The molecule has 1 aromatic heterocycles. The second-order valence-electron chi connectivity index (χ2n) is 5.98. The van der Waals surface area contributed by atoms with E-state index in [4.69, 9.17) is 4.74 Å². The van der Waals surface area contributed by atoms with E-state index >= 15 is 0 Å². The molecule has 3 aromatic rings. The first kappa shape index (κ1) is 18.4. The highest BCUT2D eigenvalue weighted by molar-refractivity contribution is 6.01. The van der Waals surface area contributed by atoms with Gasteiger partial charge in [-0.05, 0) is 37.3 Å². The van der Waals surface area contributed by atoms with E-state index in [9.17, 15) is 14.0 Å². The first-order chi connectivity index (χ1) is 13.0. The van der Waals surface area contributed by atoms with Gasteiger partial charge in [0.15, 0.2) is 0 Å². The van der Waals surface area contributed by atoms with Crippen LogP contribution < -0.4 is 10.1 Å². The number of hydrogen-bond donors (Lipinski definition) is 2. The lowest BCUT2D eigenvalue weighted by molar-refractivity contribution is -0.116. The number of methoxy groups -OCH3 is 1. The molecule has 0 unspecified atom stereocenters. The Bertz CT molecular complexity index is 984. The molecular weight excluding hydrogens is 349 g/mol. The van der Waals surface area contributed by atoms with Gasteiger partial charge < -0.3 is 19.9 Å². The van der Waals surface area contributed by atoms with Crippen LogP contribution in [0.3, 0.4) is 0 Å². The molecule has 27 heavy (non-hydrogen) atoms. The first-order valence-electron chi connectivity index (χ1n) is 8.52. The van der Waals surface area contributed by atoms with E-state index in [1.54, 1.807) is 50.4 Å². The van der Waals surface area contributed by atoms with Crippen LogP contribution in [0.2, 0.25) is 0 Å². The molecule has 1 heterocycles. The molecule has 0 aliphatic heterocycles. The van der Waals surface area contributed by atoms with Crippen molar-refractivity contribution in [3.63, 3.8) is 0 Å². The van der Waals surface area contributed by atoms with E-state index in [0.717, 1.165) is 0 Å². The number of anilines is 1. The van der Waals surface area contributed by atoms with Gasteiger partial charge in [-0.25, -0.2) is 4.39 Å². The van der Waals surface area contributed by atoms with Crippen LogP contribution in [0.5, 0.6) is 5.75 Å². The zero-order valence-electron chi connectivity index (χ0n) is 15.1. The van der Waals surface area contributed by atoms with E-state index < -0.39 is 5.82 Å².